The summed E-state index contributed by atoms with van der Waals surface area (Å²) >= 11 is 5.48. The van der Waals surface area contributed by atoms with Crippen LogP contribution in [0.2, 0.25) is 0 Å². The van der Waals surface area contributed by atoms with Gasteiger partial charge in [0.1, 0.15) is 21.9 Å². The van der Waals surface area contributed by atoms with Gasteiger partial charge in [-0.25, -0.2) is 0 Å². The van der Waals surface area contributed by atoms with Gasteiger partial charge in [0.15, 0.2) is 0 Å². The largest absolute Gasteiger partial charge is 0.508 e. The quantitative estimate of drug-likeness (QED) is 0.488. The lowest BCUT2D eigenvalue weighted by Gasteiger charge is -2.11. The minimum atomic E-state index is 0.0173. The molecule has 0 saturated heterocycles. The average molecular weight is 368 g/mol. The minimum absolute atomic E-state index is 0.0173. The first-order valence-corrected chi connectivity index (χ1v) is 8.92. The maximum atomic E-state index is 10.4. The molecule has 134 valence electrons. The Morgan fingerprint density at radius 1 is 1.08 bits per heavy atom. The number of ether oxygens (including phenoxy) is 1. The summed E-state index contributed by atoms with van der Waals surface area (Å²) in [4.78, 5) is 0. The Kier molecular flexibility index (Phi) is 4.00. The van der Waals surface area contributed by atoms with E-state index in [1.807, 2.05) is 31.2 Å². The van der Waals surface area contributed by atoms with E-state index in [0.717, 1.165) is 40.8 Å². The summed E-state index contributed by atoms with van der Waals surface area (Å²) in [6.07, 6.45) is 2.12. The van der Waals surface area contributed by atoms with Crippen LogP contribution in [0.3, 0.4) is 0 Å². The second-order valence-corrected chi connectivity index (χ2v) is 7.12. The SMILES string of the molecule is COc1ccc(-c2c(-c3cc(C4CC4)c(O)cc3O)[nH][nH]c2=S)cc1C. The fourth-order valence-electron chi connectivity index (χ4n) is 3.38. The average Bonchev–Trinajstić information content (AvgIpc) is 3.37. The van der Waals surface area contributed by atoms with Gasteiger partial charge in [0.25, 0.3) is 0 Å². The highest BCUT2D eigenvalue weighted by atomic mass is 32.1. The second kappa shape index (κ2) is 6.21. The molecule has 26 heavy (non-hydrogen) atoms. The third-order valence-electron chi connectivity index (χ3n) is 4.89. The van der Waals surface area contributed by atoms with Crippen molar-refractivity contribution >= 4 is 12.2 Å². The van der Waals surface area contributed by atoms with Crippen molar-refractivity contribution in [2.75, 3.05) is 7.11 Å². The first-order valence-electron chi connectivity index (χ1n) is 8.51. The Balaban J connectivity index is 1.89. The summed E-state index contributed by atoms with van der Waals surface area (Å²) in [5, 5.41) is 26.6. The number of phenolic OH excluding ortho intramolecular Hbond substituents is 2. The van der Waals surface area contributed by atoms with E-state index in [4.69, 9.17) is 17.0 Å². The lowest BCUT2D eigenvalue weighted by molar-refractivity contribution is 0.412. The molecule has 4 N–H and O–H groups in total. The molecule has 0 unspecified atom stereocenters. The van der Waals surface area contributed by atoms with E-state index in [2.05, 4.69) is 10.2 Å². The molecule has 4 rings (SSSR count). The van der Waals surface area contributed by atoms with Gasteiger partial charge in [0, 0.05) is 17.2 Å². The molecule has 0 bridgehead atoms. The second-order valence-electron chi connectivity index (χ2n) is 6.72. The molecule has 1 aliphatic rings. The molecule has 1 heterocycles. The predicted molar refractivity (Wildman–Crippen MR) is 103 cm³/mol. The highest BCUT2D eigenvalue weighted by Gasteiger charge is 2.28. The molecule has 5 nitrogen and oxygen atoms in total. The first kappa shape index (κ1) is 16.7. The van der Waals surface area contributed by atoms with Crippen molar-refractivity contribution in [3.05, 3.63) is 46.1 Å². The smallest absolute Gasteiger partial charge is 0.128 e. The monoisotopic (exact) mass is 368 g/mol. The number of aryl methyl sites for hydroxylation is 1. The Morgan fingerprint density at radius 2 is 1.85 bits per heavy atom. The van der Waals surface area contributed by atoms with E-state index in [0.29, 0.717) is 21.8 Å². The summed E-state index contributed by atoms with van der Waals surface area (Å²) in [5.41, 5.74) is 4.95. The summed E-state index contributed by atoms with van der Waals surface area (Å²) in [5.74, 6) is 1.33. The molecule has 1 fully saturated rings. The van der Waals surface area contributed by atoms with Crippen molar-refractivity contribution < 1.29 is 14.9 Å². The van der Waals surface area contributed by atoms with E-state index in [1.165, 1.54) is 6.07 Å². The molecule has 1 saturated carbocycles. The van der Waals surface area contributed by atoms with Crippen LogP contribution >= 0.6 is 12.2 Å². The molecule has 1 aliphatic carbocycles. The topological polar surface area (TPSA) is 81.3 Å². The van der Waals surface area contributed by atoms with E-state index >= 15 is 0 Å². The van der Waals surface area contributed by atoms with Crippen LogP contribution < -0.4 is 4.74 Å². The number of nitrogens with one attached hydrogen (secondary N) is 2. The third-order valence-corrected chi connectivity index (χ3v) is 5.20. The van der Waals surface area contributed by atoms with Crippen LogP contribution in [0.1, 0.15) is 29.9 Å². The van der Waals surface area contributed by atoms with Crippen LogP contribution in [0.15, 0.2) is 30.3 Å². The highest BCUT2D eigenvalue weighted by molar-refractivity contribution is 7.71. The van der Waals surface area contributed by atoms with Crippen molar-refractivity contribution in [3.63, 3.8) is 0 Å². The van der Waals surface area contributed by atoms with Crippen molar-refractivity contribution in [1.82, 2.24) is 10.2 Å². The Morgan fingerprint density at radius 3 is 2.50 bits per heavy atom. The summed E-state index contributed by atoms with van der Waals surface area (Å²) in [6.45, 7) is 1.98. The lowest BCUT2D eigenvalue weighted by atomic mass is 9.97. The fraction of sp³-hybridized carbons (Fsp3) is 0.250. The maximum absolute atomic E-state index is 10.4. The number of aromatic amines is 2. The molecule has 0 radical (unpaired) electrons. The van der Waals surface area contributed by atoms with Crippen LogP contribution in [-0.2, 0) is 0 Å². The number of hydrogen-bond donors (Lipinski definition) is 4. The zero-order chi connectivity index (χ0) is 18.4. The Bertz CT molecular complexity index is 1050. The molecule has 3 aromatic rings. The van der Waals surface area contributed by atoms with Gasteiger partial charge in [-0.05, 0) is 60.6 Å². The van der Waals surface area contributed by atoms with Gasteiger partial charge in [-0.15, -0.1) is 0 Å². The number of methoxy groups -OCH3 is 1. The van der Waals surface area contributed by atoms with Crippen molar-refractivity contribution in [2.24, 2.45) is 0 Å². The molecule has 0 spiro atoms. The van der Waals surface area contributed by atoms with E-state index < -0.39 is 0 Å². The standard InChI is InChI=1S/C20H20N2O3S/c1-10-7-12(5-6-17(10)25-2)18-19(21-22-20(18)26)14-8-13(11-3-4-11)15(23)9-16(14)24/h5-9,11,23-24H,3-4H2,1-2H3,(H2,21,22,26). The van der Waals surface area contributed by atoms with Gasteiger partial charge in [0.05, 0.1) is 12.8 Å². The number of rotatable bonds is 4. The predicted octanol–water partition coefficient (Wildman–Crippen LogP) is 5.01. The number of aromatic nitrogens is 2. The number of phenols is 2. The van der Waals surface area contributed by atoms with Crippen LogP contribution in [-0.4, -0.2) is 27.5 Å². The number of H-pyrrole nitrogens is 2. The Hall–Kier alpha value is -2.73. The molecular formula is C20H20N2O3S. The minimum Gasteiger partial charge on any atom is -0.508 e. The van der Waals surface area contributed by atoms with Crippen molar-refractivity contribution in [2.45, 2.75) is 25.7 Å². The van der Waals surface area contributed by atoms with Gasteiger partial charge in [-0.3, -0.25) is 10.2 Å². The van der Waals surface area contributed by atoms with Crippen LogP contribution in [0.5, 0.6) is 17.2 Å². The maximum Gasteiger partial charge on any atom is 0.128 e. The van der Waals surface area contributed by atoms with Gasteiger partial charge in [-0.2, -0.15) is 0 Å². The van der Waals surface area contributed by atoms with Gasteiger partial charge in [-0.1, -0.05) is 18.3 Å². The molecule has 1 aromatic heterocycles. The summed E-state index contributed by atoms with van der Waals surface area (Å²) < 4.78 is 5.89. The molecule has 0 aliphatic heterocycles. The van der Waals surface area contributed by atoms with Crippen LogP contribution in [0.25, 0.3) is 22.4 Å². The number of aromatic hydroxyl groups is 2. The van der Waals surface area contributed by atoms with Crippen molar-refractivity contribution in [1.29, 1.82) is 0 Å². The van der Waals surface area contributed by atoms with Gasteiger partial charge < -0.3 is 14.9 Å². The lowest BCUT2D eigenvalue weighted by Crippen LogP contribution is -1.90. The van der Waals surface area contributed by atoms with Crippen LogP contribution in [0.4, 0.5) is 0 Å². The molecular weight excluding hydrogens is 348 g/mol. The fourth-order valence-corrected chi connectivity index (χ4v) is 3.66. The van der Waals surface area contributed by atoms with E-state index in [1.54, 1.807) is 7.11 Å². The van der Waals surface area contributed by atoms with Crippen LogP contribution in [0, 0.1) is 11.6 Å². The van der Waals surface area contributed by atoms with Crippen molar-refractivity contribution in [3.8, 4) is 39.6 Å². The summed E-state index contributed by atoms with van der Waals surface area (Å²) in [6, 6.07) is 9.13. The van der Waals surface area contributed by atoms with Gasteiger partial charge in [0.2, 0.25) is 0 Å². The number of benzene rings is 2. The highest BCUT2D eigenvalue weighted by Crippen LogP contribution is 2.48. The Labute approximate surface area is 156 Å². The molecule has 2 aromatic carbocycles. The van der Waals surface area contributed by atoms with Gasteiger partial charge >= 0.3 is 0 Å². The molecule has 6 heteroatoms. The summed E-state index contributed by atoms with van der Waals surface area (Å²) in [7, 11) is 1.64. The number of hydrogen-bond acceptors (Lipinski definition) is 4. The molecule has 0 atom stereocenters. The van der Waals surface area contributed by atoms with E-state index in [-0.39, 0.29) is 11.5 Å². The van der Waals surface area contributed by atoms with E-state index in [9.17, 15) is 10.2 Å². The zero-order valence-corrected chi connectivity index (χ0v) is 15.4. The zero-order valence-electron chi connectivity index (χ0n) is 14.6. The normalized spacial score (nSPS) is 13.8. The first-order chi connectivity index (χ1) is 12.5. The molecule has 0 amide bonds. The third kappa shape index (κ3) is 2.76.